The lowest BCUT2D eigenvalue weighted by atomic mass is 10.1. The highest BCUT2D eigenvalue weighted by molar-refractivity contribution is 7.85. The van der Waals surface area contributed by atoms with Crippen LogP contribution < -0.4 is 0 Å². The van der Waals surface area contributed by atoms with Gasteiger partial charge in [0, 0.05) is 27.6 Å². The Balaban J connectivity index is 1.66. The van der Waals surface area contributed by atoms with Crippen LogP contribution in [0.15, 0.2) is 65.6 Å². The van der Waals surface area contributed by atoms with E-state index in [2.05, 4.69) is 19.9 Å². The molecule has 0 aliphatic carbocycles. The van der Waals surface area contributed by atoms with Crippen LogP contribution in [0.5, 0.6) is 0 Å². The Morgan fingerprint density at radius 2 is 1.31 bits per heavy atom. The van der Waals surface area contributed by atoms with Crippen molar-refractivity contribution in [2.75, 3.05) is 0 Å². The molecule has 0 atom stereocenters. The van der Waals surface area contributed by atoms with E-state index in [-0.39, 0.29) is 0 Å². The Bertz CT molecular complexity index is 1850. The fourth-order valence-electron chi connectivity index (χ4n) is 4.13. The van der Waals surface area contributed by atoms with E-state index in [9.17, 15) is 17.4 Å². The quantitative estimate of drug-likeness (QED) is 0.273. The van der Waals surface area contributed by atoms with Crippen molar-refractivity contribution in [1.29, 1.82) is 0 Å². The molecule has 0 saturated carbocycles. The maximum atomic E-state index is 14.1. The van der Waals surface area contributed by atoms with Gasteiger partial charge in [-0.3, -0.25) is 4.55 Å². The molecule has 3 N–H and O–H groups in total. The summed E-state index contributed by atoms with van der Waals surface area (Å²) in [5.41, 5.74) is 7.18. The standard InChI is InChI=1S/C26H17FN4O3S/c27-24-8-1-15(9-26(24)35(32,33)34)23-13-22-12-20-5-4-18(29-20)10-16-2-3-17(28-16)11-19-6-7-21(30-19)14-25(23)31-22/h1-14,29,31H,(H,32,33,34). The molecule has 1 aromatic carbocycles. The van der Waals surface area contributed by atoms with Crippen LogP contribution in [-0.4, -0.2) is 32.9 Å². The van der Waals surface area contributed by atoms with Gasteiger partial charge in [0.2, 0.25) is 0 Å². The van der Waals surface area contributed by atoms with Crippen LogP contribution >= 0.6 is 0 Å². The number of aromatic nitrogens is 4. The van der Waals surface area contributed by atoms with Crippen LogP contribution in [0.2, 0.25) is 0 Å². The Morgan fingerprint density at radius 1 is 0.686 bits per heavy atom. The van der Waals surface area contributed by atoms with Crippen molar-refractivity contribution in [3.05, 3.63) is 89.3 Å². The molecule has 2 aliphatic heterocycles. The number of rotatable bonds is 2. The van der Waals surface area contributed by atoms with E-state index in [4.69, 9.17) is 0 Å². The largest absolute Gasteiger partial charge is 0.355 e. The summed E-state index contributed by atoms with van der Waals surface area (Å²) in [4.78, 5) is 15.1. The molecule has 0 unspecified atom stereocenters. The summed E-state index contributed by atoms with van der Waals surface area (Å²) in [5.74, 6) is -1.02. The third-order valence-electron chi connectivity index (χ3n) is 5.69. The summed E-state index contributed by atoms with van der Waals surface area (Å²) in [6, 6.07) is 16.9. The lowest BCUT2D eigenvalue weighted by Gasteiger charge is -2.04. The molecule has 35 heavy (non-hydrogen) atoms. The number of hydrogen-bond acceptors (Lipinski definition) is 4. The lowest BCUT2D eigenvalue weighted by molar-refractivity contribution is 0.473. The number of aromatic amines is 2. The number of fused-ring (bicyclic) bond motifs is 8. The van der Waals surface area contributed by atoms with E-state index in [1.165, 1.54) is 6.07 Å². The molecular weight excluding hydrogens is 467 g/mol. The van der Waals surface area contributed by atoms with E-state index in [1.54, 1.807) is 0 Å². The van der Waals surface area contributed by atoms with Gasteiger partial charge in [0.05, 0.1) is 22.8 Å². The molecule has 8 bridgehead atoms. The fourth-order valence-corrected chi connectivity index (χ4v) is 4.72. The van der Waals surface area contributed by atoms with Gasteiger partial charge in [-0.2, -0.15) is 8.42 Å². The maximum Gasteiger partial charge on any atom is 0.297 e. The first-order chi connectivity index (χ1) is 16.8. The van der Waals surface area contributed by atoms with Gasteiger partial charge in [0.25, 0.3) is 10.1 Å². The van der Waals surface area contributed by atoms with E-state index in [1.807, 2.05) is 66.8 Å². The van der Waals surface area contributed by atoms with Crippen LogP contribution in [0.25, 0.3) is 57.5 Å². The van der Waals surface area contributed by atoms with Crippen molar-refractivity contribution in [3.8, 4) is 11.1 Å². The smallest absolute Gasteiger partial charge is 0.297 e. The minimum Gasteiger partial charge on any atom is -0.355 e. The second kappa shape index (κ2) is 7.86. The monoisotopic (exact) mass is 484 g/mol. The summed E-state index contributed by atoms with van der Waals surface area (Å²) in [5, 5.41) is 0. The summed E-state index contributed by atoms with van der Waals surface area (Å²) in [7, 11) is -4.73. The summed E-state index contributed by atoms with van der Waals surface area (Å²) in [6.45, 7) is 0. The summed E-state index contributed by atoms with van der Waals surface area (Å²) >= 11 is 0. The van der Waals surface area contributed by atoms with Crippen molar-refractivity contribution < 1.29 is 17.4 Å². The highest BCUT2D eigenvalue weighted by atomic mass is 32.2. The molecule has 0 radical (unpaired) electrons. The first-order valence-electron chi connectivity index (χ1n) is 10.7. The second-order valence-corrected chi connectivity index (χ2v) is 9.60. The Kier molecular flexibility index (Phi) is 4.77. The molecule has 5 heterocycles. The predicted octanol–water partition coefficient (Wildman–Crippen LogP) is 5.71. The molecular formula is C26H17FN4O3S. The molecule has 0 saturated heterocycles. The number of nitrogens with one attached hydrogen (secondary N) is 2. The number of H-pyrrole nitrogens is 2. The Labute approximate surface area is 199 Å². The Hall–Kier alpha value is -4.34. The van der Waals surface area contributed by atoms with Crippen molar-refractivity contribution in [1.82, 2.24) is 19.9 Å². The van der Waals surface area contributed by atoms with Crippen LogP contribution in [0.1, 0.15) is 22.8 Å². The summed E-state index contributed by atoms with van der Waals surface area (Å²) < 4.78 is 46.9. The molecule has 2 aliphatic rings. The van der Waals surface area contributed by atoms with Crippen molar-refractivity contribution >= 4 is 56.5 Å². The van der Waals surface area contributed by atoms with E-state index in [0.717, 1.165) is 45.8 Å². The highest BCUT2D eigenvalue weighted by Gasteiger charge is 2.18. The first kappa shape index (κ1) is 21.2. The minimum atomic E-state index is -4.73. The van der Waals surface area contributed by atoms with Gasteiger partial charge in [0.1, 0.15) is 10.7 Å². The van der Waals surface area contributed by atoms with Gasteiger partial charge in [0.15, 0.2) is 0 Å². The second-order valence-electron chi connectivity index (χ2n) is 8.21. The Morgan fingerprint density at radius 3 is 2.00 bits per heavy atom. The van der Waals surface area contributed by atoms with E-state index in [0.29, 0.717) is 22.3 Å². The van der Waals surface area contributed by atoms with Crippen LogP contribution in [0.3, 0.4) is 0 Å². The van der Waals surface area contributed by atoms with Gasteiger partial charge < -0.3 is 9.97 Å². The highest BCUT2D eigenvalue weighted by Crippen LogP contribution is 2.30. The molecule has 6 rings (SSSR count). The SMILES string of the molecule is O=S(=O)(O)c1cc(-c2cc3cc4ccc(cc5nc(cc6nc(cc2[nH]3)C=C6)C=C5)[nH]4)ccc1F. The van der Waals surface area contributed by atoms with E-state index >= 15 is 0 Å². The normalized spacial score (nSPS) is 12.9. The first-order valence-corrected chi connectivity index (χ1v) is 12.1. The zero-order valence-electron chi connectivity index (χ0n) is 18.0. The molecule has 0 spiro atoms. The zero-order valence-corrected chi connectivity index (χ0v) is 18.8. The predicted molar refractivity (Wildman–Crippen MR) is 134 cm³/mol. The number of benzene rings is 1. The van der Waals surface area contributed by atoms with Crippen LogP contribution in [0.4, 0.5) is 4.39 Å². The van der Waals surface area contributed by atoms with Gasteiger partial charge in [-0.1, -0.05) is 6.07 Å². The number of halogens is 1. The maximum absolute atomic E-state index is 14.1. The molecule has 9 heteroatoms. The average molecular weight is 485 g/mol. The summed E-state index contributed by atoms with van der Waals surface area (Å²) in [6.07, 6.45) is 7.60. The van der Waals surface area contributed by atoms with Gasteiger partial charge in [-0.15, -0.1) is 0 Å². The van der Waals surface area contributed by atoms with Gasteiger partial charge in [-0.05, 0) is 84.5 Å². The number of hydrogen-bond donors (Lipinski definition) is 3. The molecule has 0 fully saturated rings. The minimum absolute atomic E-state index is 0.422. The van der Waals surface area contributed by atoms with Crippen LogP contribution in [0, 0.1) is 5.82 Å². The molecule has 7 nitrogen and oxygen atoms in total. The van der Waals surface area contributed by atoms with Crippen molar-refractivity contribution in [2.45, 2.75) is 4.90 Å². The molecule has 3 aromatic heterocycles. The lowest BCUT2D eigenvalue weighted by Crippen LogP contribution is -2.01. The topological polar surface area (TPSA) is 112 Å². The number of nitrogens with zero attached hydrogens (tertiary/aromatic N) is 2. The van der Waals surface area contributed by atoms with Gasteiger partial charge in [-0.25, -0.2) is 14.4 Å². The molecule has 172 valence electrons. The zero-order chi connectivity index (χ0) is 24.2. The van der Waals surface area contributed by atoms with Crippen molar-refractivity contribution in [2.24, 2.45) is 0 Å². The third-order valence-corrected chi connectivity index (χ3v) is 6.56. The fraction of sp³-hybridized carbons (Fsp3) is 0. The van der Waals surface area contributed by atoms with Crippen LogP contribution in [-0.2, 0) is 10.1 Å². The average Bonchev–Trinajstić information content (AvgIpc) is 3.58. The molecule has 4 aromatic rings. The third kappa shape index (κ3) is 4.18. The van der Waals surface area contributed by atoms with Gasteiger partial charge >= 0.3 is 0 Å². The molecule has 0 amide bonds. The van der Waals surface area contributed by atoms with Crippen molar-refractivity contribution in [3.63, 3.8) is 0 Å². The van der Waals surface area contributed by atoms with E-state index < -0.39 is 20.8 Å².